The summed E-state index contributed by atoms with van der Waals surface area (Å²) in [5.74, 6) is -1.50. The summed E-state index contributed by atoms with van der Waals surface area (Å²) in [7, 11) is 5.52. The molecule has 0 saturated heterocycles. The number of rotatable bonds is 44. The fourth-order valence-corrected chi connectivity index (χ4v) is 7.12. The van der Waals surface area contributed by atoms with Crippen LogP contribution >= 0.6 is 0 Å². The zero-order chi connectivity index (χ0) is 44.9. The summed E-state index contributed by atoms with van der Waals surface area (Å²) in [6.45, 7) is 4.61. The topological polar surface area (TPSA) is 99.1 Å². The Morgan fingerprint density at radius 1 is 0.508 bits per heavy atom. The number of unbranched alkanes of at least 4 members (excludes halogenated alkanes) is 20. The normalized spacial score (nSPS) is 13.4. The van der Waals surface area contributed by atoms with Crippen LogP contribution in [0.15, 0.2) is 60.8 Å². The van der Waals surface area contributed by atoms with Gasteiger partial charge in [-0.2, -0.15) is 0 Å². The van der Waals surface area contributed by atoms with Gasteiger partial charge in [0.1, 0.15) is 6.61 Å². The van der Waals surface area contributed by atoms with E-state index in [0.29, 0.717) is 12.8 Å². The van der Waals surface area contributed by atoms with Crippen LogP contribution in [0.3, 0.4) is 0 Å². The van der Waals surface area contributed by atoms with Gasteiger partial charge in [-0.1, -0.05) is 190 Å². The lowest BCUT2D eigenvalue weighted by atomic mass is 10.0. The van der Waals surface area contributed by atoms with E-state index in [9.17, 15) is 19.5 Å². The van der Waals surface area contributed by atoms with E-state index in [1.165, 1.54) is 96.3 Å². The molecule has 0 fully saturated rings. The number of hydrogen-bond acceptors (Lipinski definition) is 6. The van der Waals surface area contributed by atoms with E-state index in [1.54, 1.807) is 0 Å². The van der Waals surface area contributed by atoms with Crippen molar-refractivity contribution >= 4 is 17.9 Å². The number of likely N-dealkylation sites (N-methyl/N-ethyl adjacent to an activating group) is 1. The molecule has 8 heteroatoms. The van der Waals surface area contributed by atoms with E-state index in [1.807, 2.05) is 21.1 Å². The number of allylic oxidation sites excluding steroid dienone is 10. The first kappa shape index (κ1) is 58.0. The molecule has 0 amide bonds. The maximum atomic E-state index is 12.8. The molecule has 0 aliphatic heterocycles. The summed E-state index contributed by atoms with van der Waals surface area (Å²) < 4.78 is 17.3. The van der Waals surface area contributed by atoms with Crippen LogP contribution < -0.4 is 0 Å². The molecule has 2 unspecified atom stereocenters. The zero-order valence-electron chi connectivity index (χ0n) is 40.1. The van der Waals surface area contributed by atoms with Gasteiger partial charge >= 0.3 is 17.9 Å². The van der Waals surface area contributed by atoms with Crippen molar-refractivity contribution in [2.75, 3.05) is 41.0 Å². The number of carbonyl (C=O) groups is 3. The lowest BCUT2D eigenvalue weighted by Crippen LogP contribution is -2.50. The van der Waals surface area contributed by atoms with Crippen molar-refractivity contribution < 1.29 is 38.2 Å². The second-order valence-electron chi connectivity index (χ2n) is 17.7. The SMILES string of the molecule is CC/C=C\C/C=C\C/C=C\C/C=C\C/C=C\CCCCCC(=O)OC(COCCC(C(=O)O)[N+](C)(C)C)COC(=O)CCCCCCCCCCCCCCCCCCCC. The van der Waals surface area contributed by atoms with Crippen molar-refractivity contribution in [1.82, 2.24) is 0 Å². The van der Waals surface area contributed by atoms with Crippen LogP contribution in [0.25, 0.3) is 0 Å². The standard InChI is InChI=1S/C53H93NO7/c1-6-8-10-12-14-16-18-20-22-24-26-28-30-32-34-36-38-40-42-44-52(56)61-49(47-59-46-45-50(53(57)58)54(3,4)5)48-60-51(55)43-41-39-37-35-33-31-29-27-25-23-21-19-17-15-13-11-9-7-2/h8,10,14,16,20,22,26,28,32,34,49-50H,6-7,9,11-13,15,17-19,21,23-25,27,29-31,33,35-48H2,1-5H3/p+1/b10-8-,16-14-,22-20-,28-26-,34-32-. The molecule has 8 nitrogen and oxygen atoms in total. The predicted molar refractivity (Wildman–Crippen MR) is 257 cm³/mol. The monoisotopic (exact) mass is 857 g/mol. The molecule has 0 saturated carbocycles. The highest BCUT2D eigenvalue weighted by atomic mass is 16.6. The maximum absolute atomic E-state index is 12.8. The van der Waals surface area contributed by atoms with Gasteiger partial charge in [-0.05, 0) is 57.8 Å². The van der Waals surface area contributed by atoms with Gasteiger partial charge in [0.25, 0.3) is 0 Å². The van der Waals surface area contributed by atoms with Crippen LogP contribution in [-0.2, 0) is 28.6 Å². The predicted octanol–water partition coefficient (Wildman–Crippen LogP) is 14.1. The Kier molecular flexibility index (Phi) is 41.5. The average Bonchev–Trinajstić information content (AvgIpc) is 3.22. The van der Waals surface area contributed by atoms with Gasteiger partial charge in [0, 0.05) is 19.3 Å². The Bertz CT molecular complexity index is 1180. The van der Waals surface area contributed by atoms with Gasteiger partial charge in [-0.25, -0.2) is 4.79 Å². The number of ether oxygens (including phenoxy) is 3. The van der Waals surface area contributed by atoms with Crippen LogP contribution in [0.5, 0.6) is 0 Å². The quantitative estimate of drug-likeness (QED) is 0.0282. The van der Waals surface area contributed by atoms with E-state index in [0.717, 1.165) is 77.0 Å². The van der Waals surface area contributed by atoms with Gasteiger partial charge < -0.3 is 23.8 Å². The Balaban J connectivity index is 4.33. The first-order valence-corrected chi connectivity index (χ1v) is 24.8. The lowest BCUT2D eigenvalue weighted by Gasteiger charge is -2.31. The Hall–Kier alpha value is -2.97. The third-order valence-electron chi connectivity index (χ3n) is 10.9. The van der Waals surface area contributed by atoms with E-state index in [2.05, 4.69) is 74.6 Å². The van der Waals surface area contributed by atoms with Crippen LogP contribution in [0.2, 0.25) is 0 Å². The van der Waals surface area contributed by atoms with E-state index in [-0.39, 0.29) is 42.7 Å². The smallest absolute Gasteiger partial charge is 0.362 e. The zero-order valence-corrected chi connectivity index (χ0v) is 40.1. The molecule has 0 heterocycles. The Labute approximate surface area is 375 Å². The van der Waals surface area contributed by atoms with Gasteiger partial charge in [0.15, 0.2) is 12.1 Å². The number of carboxylic acid groups (broad SMARTS) is 1. The number of quaternary nitrogens is 1. The number of carbonyl (C=O) groups excluding carboxylic acids is 2. The van der Waals surface area contributed by atoms with E-state index >= 15 is 0 Å². The molecule has 1 N–H and O–H groups in total. The van der Waals surface area contributed by atoms with E-state index in [4.69, 9.17) is 14.2 Å². The first-order valence-electron chi connectivity index (χ1n) is 24.8. The summed E-state index contributed by atoms with van der Waals surface area (Å²) >= 11 is 0. The molecule has 0 bridgehead atoms. The summed E-state index contributed by atoms with van der Waals surface area (Å²) in [5.41, 5.74) is 0. The number of carboxylic acids is 1. The molecule has 2 atom stereocenters. The average molecular weight is 857 g/mol. The minimum absolute atomic E-state index is 0.0474. The molecule has 0 aliphatic rings. The second-order valence-corrected chi connectivity index (χ2v) is 17.7. The van der Waals surface area contributed by atoms with Crippen molar-refractivity contribution in [2.45, 2.75) is 219 Å². The number of aliphatic carboxylic acids is 1. The summed E-state index contributed by atoms with van der Waals surface area (Å²) in [5, 5.41) is 9.64. The highest BCUT2D eigenvalue weighted by Gasteiger charge is 2.31. The maximum Gasteiger partial charge on any atom is 0.362 e. The third kappa shape index (κ3) is 42.1. The van der Waals surface area contributed by atoms with Gasteiger partial charge in [0.2, 0.25) is 0 Å². The molecule has 0 spiro atoms. The molecule has 0 aliphatic carbocycles. The molecule has 0 radical (unpaired) electrons. The number of hydrogen-bond donors (Lipinski definition) is 1. The van der Waals surface area contributed by atoms with E-state index < -0.39 is 18.1 Å². The van der Waals surface area contributed by atoms with Gasteiger partial charge in [0.05, 0.1) is 34.4 Å². The van der Waals surface area contributed by atoms with Crippen molar-refractivity contribution in [1.29, 1.82) is 0 Å². The second kappa shape index (κ2) is 43.7. The fraction of sp³-hybridized carbons (Fsp3) is 0.755. The van der Waals surface area contributed by atoms with Crippen molar-refractivity contribution in [3.63, 3.8) is 0 Å². The molecule has 61 heavy (non-hydrogen) atoms. The Morgan fingerprint density at radius 3 is 1.36 bits per heavy atom. The molecule has 0 aromatic rings. The minimum atomic E-state index is -0.881. The van der Waals surface area contributed by atoms with Crippen LogP contribution in [0, 0.1) is 0 Å². The first-order chi connectivity index (χ1) is 29.6. The molecule has 0 aromatic heterocycles. The molecular weight excluding hydrogens is 763 g/mol. The van der Waals surface area contributed by atoms with Crippen LogP contribution in [0.4, 0.5) is 0 Å². The minimum Gasteiger partial charge on any atom is -0.477 e. The van der Waals surface area contributed by atoms with Gasteiger partial charge in [-0.15, -0.1) is 0 Å². The van der Waals surface area contributed by atoms with Crippen LogP contribution in [0.1, 0.15) is 206 Å². The van der Waals surface area contributed by atoms with Gasteiger partial charge in [-0.3, -0.25) is 9.59 Å². The largest absolute Gasteiger partial charge is 0.477 e. The summed E-state index contributed by atoms with van der Waals surface area (Å²) in [6, 6.07) is -0.622. The Morgan fingerprint density at radius 2 is 0.918 bits per heavy atom. The number of nitrogens with zero attached hydrogens (tertiary/aromatic N) is 1. The molecule has 0 rings (SSSR count). The molecule has 352 valence electrons. The van der Waals surface area contributed by atoms with Crippen molar-refractivity contribution in [2.24, 2.45) is 0 Å². The third-order valence-corrected chi connectivity index (χ3v) is 10.9. The summed E-state index contributed by atoms with van der Waals surface area (Å²) in [4.78, 5) is 37.1. The number of esters is 2. The fourth-order valence-electron chi connectivity index (χ4n) is 7.12. The lowest BCUT2D eigenvalue weighted by molar-refractivity contribution is -0.887. The molecule has 0 aromatic carbocycles. The summed E-state index contributed by atoms with van der Waals surface area (Å²) in [6.07, 6.45) is 54.1. The van der Waals surface area contributed by atoms with Crippen molar-refractivity contribution in [3.05, 3.63) is 60.8 Å². The molecular formula is C53H94NO7+. The van der Waals surface area contributed by atoms with Crippen molar-refractivity contribution in [3.8, 4) is 0 Å². The van der Waals surface area contributed by atoms with Crippen LogP contribution in [-0.4, -0.2) is 80.6 Å². The highest BCUT2D eigenvalue weighted by Crippen LogP contribution is 2.16. The highest BCUT2D eigenvalue weighted by molar-refractivity contribution is 5.72.